The number of fused-ring (bicyclic) bond motifs is 1. The lowest BCUT2D eigenvalue weighted by molar-refractivity contribution is -0.365. The van der Waals surface area contributed by atoms with Gasteiger partial charge in [0.15, 0.2) is 0 Å². The largest absolute Gasteiger partial charge is 0.472 e. The smallest absolute Gasteiger partial charge is 0.341 e. The number of hydrogen-bond donors (Lipinski definition) is 1. The van der Waals surface area contributed by atoms with Crippen molar-refractivity contribution in [2.75, 3.05) is 26.4 Å². The monoisotopic (exact) mass is 722 g/mol. The number of rotatable bonds is 13. The van der Waals surface area contributed by atoms with Gasteiger partial charge in [-0.15, -0.1) is 0 Å². The van der Waals surface area contributed by atoms with Crippen LogP contribution in [-0.4, -0.2) is 96.4 Å². The average Bonchev–Trinajstić information content (AvgIpc) is 3.64. The molecule has 2 aliphatic carbocycles. The van der Waals surface area contributed by atoms with E-state index in [0.717, 1.165) is 0 Å². The zero-order valence-electron chi connectivity index (χ0n) is 30.7. The Hall–Kier alpha value is -3.98. The van der Waals surface area contributed by atoms with Crippen molar-refractivity contribution >= 4 is 35.8 Å². The quantitative estimate of drug-likeness (QED) is 0.230. The number of aliphatic hydroxyl groups is 1. The van der Waals surface area contributed by atoms with Crippen molar-refractivity contribution < 1.29 is 71.4 Å². The summed E-state index contributed by atoms with van der Waals surface area (Å²) in [7, 11) is 0. The van der Waals surface area contributed by atoms with Crippen molar-refractivity contribution in [3.63, 3.8) is 0 Å². The number of furan rings is 1. The fraction of sp³-hybridized carbons (Fsp3) is 0.722. The molecule has 10 atom stereocenters. The summed E-state index contributed by atoms with van der Waals surface area (Å²) in [6.45, 7) is 11.3. The number of esters is 6. The minimum absolute atomic E-state index is 0.0375. The number of ether oxygens (including phenoxy) is 7. The molecule has 3 aliphatic rings. The lowest BCUT2D eigenvalue weighted by Gasteiger charge is -2.69. The molecule has 2 bridgehead atoms. The molecule has 0 unspecified atom stereocenters. The fourth-order valence-corrected chi connectivity index (χ4v) is 8.79. The summed E-state index contributed by atoms with van der Waals surface area (Å²) in [6, 6.07) is 1.40. The highest BCUT2D eigenvalue weighted by atomic mass is 16.6. The Kier molecular flexibility index (Phi) is 11.7. The van der Waals surface area contributed by atoms with E-state index in [1.54, 1.807) is 27.7 Å². The van der Waals surface area contributed by atoms with E-state index < -0.39 is 120 Å². The molecule has 1 aromatic rings. The molecule has 15 nitrogen and oxygen atoms in total. The Labute approximate surface area is 296 Å². The fourth-order valence-electron chi connectivity index (χ4n) is 8.79. The van der Waals surface area contributed by atoms with Crippen LogP contribution in [0.4, 0.5) is 0 Å². The first-order valence-electron chi connectivity index (χ1n) is 17.2. The molecule has 3 fully saturated rings. The second-order valence-corrected chi connectivity index (χ2v) is 14.6. The Morgan fingerprint density at radius 2 is 1.43 bits per heavy atom. The van der Waals surface area contributed by atoms with Gasteiger partial charge in [-0.1, -0.05) is 13.8 Å². The van der Waals surface area contributed by atoms with Gasteiger partial charge >= 0.3 is 35.8 Å². The van der Waals surface area contributed by atoms with Gasteiger partial charge in [0.05, 0.1) is 48.6 Å². The minimum Gasteiger partial charge on any atom is -0.472 e. The van der Waals surface area contributed by atoms with Crippen LogP contribution in [0.15, 0.2) is 23.0 Å². The highest BCUT2D eigenvalue weighted by Gasteiger charge is 2.86. The van der Waals surface area contributed by atoms with Gasteiger partial charge in [0.25, 0.3) is 0 Å². The number of carbonyl (C=O) groups is 6. The van der Waals surface area contributed by atoms with E-state index in [9.17, 15) is 33.9 Å². The predicted octanol–water partition coefficient (Wildman–Crippen LogP) is 3.18. The molecule has 15 heteroatoms. The topological polar surface area (TPSA) is 200 Å². The SMILES string of the molecule is CC[C@H](C)C(=O)O[C@@H]1[C@H](COC(C)=O)[C@H](COC(C)=O)[C@@]2(COC(C)=O)[C@@H](OC(=O)c3ccoc3)C[C@@H]3[C@@H](COC(C)=O)[C@]2(OC3(C)C)[C@@]1(C)O. The van der Waals surface area contributed by atoms with Crippen LogP contribution in [-0.2, 0) is 57.1 Å². The van der Waals surface area contributed by atoms with E-state index in [1.165, 1.54) is 53.2 Å². The van der Waals surface area contributed by atoms with Gasteiger partial charge in [0.2, 0.25) is 0 Å². The zero-order valence-corrected chi connectivity index (χ0v) is 30.7. The molecule has 0 amide bonds. The van der Waals surface area contributed by atoms with E-state index in [4.69, 9.17) is 37.6 Å². The molecule has 1 spiro atoms. The Bertz CT molecular complexity index is 1480. The standard InChI is InChI=1S/C36H50O15/c1-10-19(2)31(41)50-30-25(15-45-20(3)37)27(16-46-21(4)38)35(18-48-23(6)40)29(49-32(42)24-11-12-44-14-24)13-26-28(17-47-22(5)39)36(35,34(30,9)43)51-33(26,7)8/h11-12,14,19,25-30,43H,10,13,15-18H2,1-9H3/t19-,25+,26+,27-,28+,29-,30+,34-,35-,36-/m0/s1. The molecule has 4 rings (SSSR count). The summed E-state index contributed by atoms with van der Waals surface area (Å²) in [5, 5.41) is 13.3. The molecule has 2 saturated carbocycles. The van der Waals surface area contributed by atoms with E-state index in [2.05, 4.69) is 0 Å². The first kappa shape index (κ1) is 39.8. The van der Waals surface area contributed by atoms with Crippen LogP contribution in [0.3, 0.4) is 0 Å². The molecule has 1 aliphatic heterocycles. The summed E-state index contributed by atoms with van der Waals surface area (Å²) >= 11 is 0. The molecule has 0 aromatic carbocycles. The lowest BCUT2D eigenvalue weighted by Crippen LogP contribution is -2.84. The Balaban J connectivity index is 2.13. The van der Waals surface area contributed by atoms with Gasteiger partial charge in [-0.25, -0.2) is 4.79 Å². The second kappa shape index (κ2) is 14.9. The lowest BCUT2D eigenvalue weighted by atomic mass is 9.40. The number of hydrogen-bond acceptors (Lipinski definition) is 15. The highest BCUT2D eigenvalue weighted by molar-refractivity contribution is 5.89. The summed E-state index contributed by atoms with van der Waals surface area (Å²) in [5.41, 5.74) is -7.19. The zero-order chi connectivity index (χ0) is 38.1. The van der Waals surface area contributed by atoms with Crippen molar-refractivity contribution in [3.05, 3.63) is 24.2 Å². The third-order valence-corrected chi connectivity index (χ3v) is 11.1. The predicted molar refractivity (Wildman–Crippen MR) is 173 cm³/mol. The summed E-state index contributed by atoms with van der Waals surface area (Å²) < 4.78 is 47.4. The van der Waals surface area contributed by atoms with Crippen molar-refractivity contribution in [3.8, 4) is 0 Å². The van der Waals surface area contributed by atoms with Crippen LogP contribution in [0.2, 0.25) is 0 Å². The molecule has 284 valence electrons. The van der Waals surface area contributed by atoms with Crippen molar-refractivity contribution in [1.82, 2.24) is 0 Å². The van der Waals surface area contributed by atoms with Gasteiger partial charge in [-0.05, 0) is 45.6 Å². The third-order valence-electron chi connectivity index (χ3n) is 11.1. The molecular formula is C36H50O15. The van der Waals surface area contributed by atoms with Crippen LogP contribution in [0.1, 0.15) is 85.5 Å². The summed E-state index contributed by atoms with van der Waals surface area (Å²) in [4.78, 5) is 77.3. The molecule has 1 saturated heterocycles. The average molecular weight is 723 g/mol. The van der Waals surface area contributed by atoms with Crippen molar-refractivity contribution in [2.24, 2.45) is 35.0 Å². The van der Waals surface area contributed by atoms with E-state index >= 15 is 0 Å². The van der Waals surface area contributed by atoms with Gasteiger partial charge in [0.1, 0.15) is 36.3 Å². The van der Waals surface area contributed by atoms with Gasteiger partial charge in [0, 0.05) is 45.4 Å². The van der Waals surface area contributed by atoms with Crippen LogP contribution in [0.5, 0.6) is 0 Å². The van der Waals surface area contributed by atoms with Crippen LogP contribution in [0, 0.1) is 35.0 Å². The van der Waals surface area contributed by atoms with E-state index in [0.29, 0.717) is 6.42 Å². The van der Waals surface area contributed by atoms with E-state index in [-0.39, 0.29) is 18.6 Å². The molecular weight excluding hydrogens is 672 g/mol. The van der Waals surface area contributed by atoms with Crippen molar-refractivity contribution in [2.45, 2.75) is 104 Å². The maximum absolute atomic E-state index is 13.8. The normalized spacial score (nSPS) is 33.9. The third kappa shape index (κ3) is 7.11. The Morgan fingerprint density at radius 3 is 1.96 bits per heavy atom. The van der Waals surface area contributed by atoms with Crippen LogP contribution < -0.4 is 0 Å². The maximum atomic E-state index is 13.8. The minimum atomic E-state index is -2.27. The van der Waals surface area contributed by atoms with Crippen molar-refractivity contribution in [1.29, 1.82) is 0 Å². The summed E-state index contributed by atoms with van der Waals surface area (Å²) in [6.07, 6.45) is 0.154. The number of carbonyl (C=O) groups excluding carboxylic acids is 6. The highest BCUT2D eigenvalue weighted by Crippen LogP contribution is 2.72. The second-order valence-electron chi connectivity index (χ2n) is 14.6. The Morgan fingerprint density at radius 1 is 0.863 bits per heavy atom. The first-order chi connectivity index (χ1) is 23.8. The molecule has 51 heavy (non-hydrogen) atoms. The maximum Gasteiger partial charge on any atom is 0.341 e. The molecule has 1 N–H and O–H groups in total. The van der Waals surface area contributed by atoms with E-state index in [1.807, 2.05) is 0 Å². The van der Waals surface area contributed by atoms with Gasteiger partial charge in [-0.3, -0.25) is 24.0 Å². The molecule has 2 heterocycles. The van der Waals surface area contributed by atoms with Crippen LogP contribution >= 0.6 is 0 Å². The first-order valence-corrected chi connectivity index (χ1v) is 17.2. The van der Waals surface area contributed by atoms with Crippen LogP contribution in [0.25, 0.3) is 0 Å². The molecule has 0 radical (unpaired) electrons. The molecule has 1 aromatic heterocycles. The van der Waals surface area contributed by atoms with Gasteiger partial charge < -0.3 is 42.7 Å². The summed E-state index contributed by atoms with van der Waals surface area (Å²) in [5.74, 6) is -8.65. The van der Waals surface area contributed by atoms with Gasteiger partial charge in [-0.2, -0.15) is 0 Å².